The predicted octanol–water partition coefficient (Wildman–Crippen LogP) is 1.08. The van der Waals surface area contributed by atoms with Gasteiger partial charge in [-0.05, 0) is 31.2 Å². The normalized spacial score (nSPS) is 34.1. The number of rotatable bonds is 5. The van der Waals surface area contributed by atoms with Crippen LogP contribution in [-0.4, -0.2) is 59.4 Å². The van der Waals surface area contributed by atoms with Crippen molar-refractivity contribution < 1.29 is 9.84 Å². The Balaban J connectivity index is 1.91. The lowest BCUT2D eigenvalue weighted by molar-refractivity contribution is 0.109. The molecule has 4 atom stereocenters. The minimum atomic E-state index is -0.214. The van der Waals surface area contributed by atoms with E-state index in [1.54, 1.807) is 7.11 Å². The van der Waals surface area contributed by atoms with Crippen LogP contribution in [0, 0.1) is 17.8 Å². The van der Waals surface area contributed by atoms with Gasteiger partial charge in [0.1, 0.15) is 0 Å². The van der Waals surface area contributed by atoms with Gasteiger partial charge in [0.15, 0.2) is 0 Å². The molecule has 0 aromatic carbocycles. The Morgan fingerprint density at radius 2 is 2.09 bits per heavy atom. The first-order valence-corrected chi connectivity index (χ1v) is 8.42. The highest BCUT2D eigenvalue weighted by molar-refractivity contribution is 5.22. The third kappa shape index (κ3) is 2.95. The maximum atomic E-state index is 10.2. The van der Waals surface area contributed by atoms with Crippen molar-refractivity contribution in [2.75, 3.05) is 33.9 Å². The smallest absolute Gasteiger partial charge is 0.316 e. The molecule has 0 amide bonds. The number of aromatic nitrogens is 2. The summed E-state index contributed by atoms with van der Waals surface area (Å²) in [7, 11) is 3.74. The first kappa shape index (κ1) is 16.6. The van der Waals surface area contributed by atoms with Crippen LogP contribution >= 0.6 is 0 Å². The molecular weight excluding hydrogens is 292 g/mol. The van der Waals surface area contributed by atoms with Crippen LogP contribution in [0.15, 0.2) is 12.4 Å². The fraction of sp³-hybridized carbons (Fsp3) is 0.765. The van der Waals surface area contributed by atoms with Crippen molar-refractivity contribution in [2.24, 2.45) is 17.8 Å². The van der Waals surface area contributed by atoms with Crippen LogP contribution in [0.25, 0.3) is 0 Å². The highest BCUT2D eigenvalue weighted by Gasteiger charge is 2.56. The number of nitrogens with zero attached hydrogens (tertiary/aromatic N) is 3. The first-order chi connectivity index (χ1) is 11.0. The highest BCUT2D eigenvalue weighted by atomic mass is 16.5. The molecule has 3 heterocycles. The molecule has 0 aliphatic carbocycles. The van der Waals surface area contributed by atoms with Crippen LogP contribution in [0.4, 0.5) is 0 Å². The van der Waals surface area contributed by atoms with Crippen molar-refractivity contribution in [3.63, 3.8) is 0 Å². The van der Waals surface area contributed by atoms with Gasteiger partial charge in [0.05, 0.1) is 13.7 Å². The molecule has 2 aliphatic rings. The number of hydrogen-bond acceptors (Lipinski definition) is 6. The summed E-state index contributed by atoms with van der Waals surface area (Å²) in [5.74, 6) is 1.46. The molecule has 2 fully saturated rings. The van der Waals surface area contributed by atoms with E-state index in [4.69, 9.17) is 4.74 Å². The monoisotopic (exact) mass is 320 g/mol. The molecule has 3 rings (SSSR count). The Bertz CT molecular complexity index is 536. The van der Waals surface area contributed by atoms with Crippen molar-refractivity contribution >= 4 is 0 Å². The number of aliphatic hydroxyl groups excluding tert-OH is 1. The summed E-state index contributed by atoms with van der Waals surface area (Å²) < 4.78 is 5.06. The summed E-state index contributed by atoms with van der Waals surface area (Å²) in [6.07, 6.45) is 4.68. The van der Waals surface area contributed by atoms with E-state index in [0.717, 1.165) is 25.1 Å². The number of methoxy groups -OCH3 is 1. The molecule has 0 radical (unpaired) electrons. The van der Waals surface area contributed by atoms with Crippen LogP contribution in [0.1, 0.15) is 31.9 Å². The number of aliphatic hydroxyl groups is 1. The zero-order chi connectivity index (χ0) is 16.6. The summed E-state index contributed by atoms with van der Waals surface area (Å²) in [4.78, 5) is 10.9. The maximum Gasteiger partial charge on any atom is 0.316 e. The summed E-state index contributed by atoms with van der Waals surface area (Å²) in [6.45, 7) is 6.67. The van der Waals surface area contributed by atoms with Gasteiger partial charge >= 0.3 is 6.01 Å². The van der Waals surface area contributed by atoms with Gasteiger partial charge < -0.3 is 20.1 Å². The van der Waals surface area contributed by atoms with Gasteiger partial charge in [-0.3, -0.25) is 0 Å². The largest absolute Gasteiger partial charge is 0.467 e. The average molecular weight is 320 g/mol. The third-order valence-corrected chi connectivity index (χ3v) is 5.37. The van der Waals surface area contributed by atoms with Gasteiger partial charge in [0, 0.05) is 42.6 Å². The number of hydrogen-bond donors (Lipinski definition) is 2. The van der Waals surface area contributed by atoms with E-state index in [1.807, 2.05) is 12.4 Å². The molecule has 6 nitrogen and oxygen atoms in total. The van der Waals surface area contributed by atoms with E-state index >= 15 is 0 Å². The van der Waals surface area contributed by atoms with E-state index in [1.165, 1.54) is 0 Å². The standard InChI is InChI=1S/C17H28N4O2/c1-11(2)5-17(10-22)14-9-21(3)8-13(14)15(20-17)12-6-18-16(23-4)19-7-12/h6-7,11,13-15,20,22H,5,8-10H2,1-4H3/t13-,14+,15-,17+/m1/s1. The van der Waals surface area contributed by atoms with Gasteiger partial charge in [-0.1, -0.05) is 13.8 Å². The molecule has 6 heteroatoms. The first-order valence-electron chi connectivity index (χ1n) is 8.42. The maximum absolute atomic E-state index is 10.2. The Hall–Kier alpha value is -1.24. The van der Waals surface area contributed by atoms with Gasteiger partial charge in [0.2, 0.25) is 0 Å². The lowest BCUT2D eigenvalue weighted by Crippen LogP contribution is -2.51. The molecule has 0 spiro atoms. The third-order valence-electron chi connectivity index (χ3n) is 5.37. The Morgan fingerprint density at radius 3 is 2.65 bits per heavy atom. The minimum Gasteiger partial charge on any atom is -0.467 e. The van der Waals surface area contributed by atoms with E-state index in [0.29, 0.717) is 23.8 Å². The lowest BCUT2D eigenvalue weighted by Gasteiger charge is -2.36. The van der Waals surface area contributed by atoms with Crippen molar-refractivity contribution in [1.29, 1.82) is 0 Å². The van der Waals surface area contributed by atoms with Crippen LogP contribution < -0.4 is 10.1 Å². The zero-order valence-electron chi connectivity index (χ0n) is 14.5. The Kier molecular flexibility index (Phi) is 4.58. The summed E-state index contributed by atoms with van der Waals surface area (Å²) in [5, 5.41) is 14.0. The number of ether oxygens (including phenoxy) is 1. The van der Waals surface area contributed by atoms with Crippen LogP contribution in [0.5, 0.6) is 6.01 Å². The van der Waals surface area contributed by atoms with Crippen LogP contribution in [0.2, 0.25) is 0 Å². The molecule has 128 valence electrons. The Labute approximate surface area is 138 Å². The van der Waals surface area contributed by atoms with Crippen molar-refractivity contribution in [2.45, 2.75) is 31.8 Å². The van der Waals surface area contributed by atoms with Crippen molar-refractivity contribution in [1.82, 2.24) is 20.2 Å². The van der Waals surface area contributed by atoms with Crippen LogP contribution in [-0.2, 0) is 0 Å². The molecule has 23 heavy (non-hydrogen) atoms. The molecule has 1 aromatic heterocycles. The van der Waals surface area contributed by atoms with Crippen molar-refractivity contribution in [3.05, 3.63) is 18.0 Å². The second-order valence-corrected chi connectivity index (χ2v) is 7.53. The van der Waals surface area contributed by atoms with Gasteiger partial charge in [-0.15, -0.1) is 0 Å². The molecule has 0 bridgehead atoms. The van der Waals surface area contributed by atoms with Gasteiger partial charge in [0.25, 0.3) is 0 Å². The molecule has 2 N–H and O–H groups in total. The van der Waals surface area contributed by atoms with E-state index < -0.39 is 0 Å². The quantitative estimate of drug-likeness (QED) is 0.846. The topological polar surface area (TPSA) is 70.5 Å². The van der Waals surface area contributed by atoms with E-state index in [-0.39, 0.29) is 18.2 Å². The predicted molar refractivity (Wildman–Crippen MR) is 88.2 cm³/mol. The number of fused-ring (bicyclic) bond motifs is 1. The minimum absolute atomic E-state index is 0.174. The fourth-order valence-electron chi connectivity index (χ4n) is 4.57. The molecule has 0 saturated carbocycles. The number of nitrogens with one attached hydrogen (secondary N) is 1. The van der Waals surface area contributed by atoms with E-state index in [9.17, 15) is 5.11 Å². The fourth-order valence-corrected chi connectivity index (χ4v) is 4.57. The van der Waals surface area contributed by atoms with Crippen LogP contribution in [0.3, 0.4) is 0 Å². The second kappa shape index (κ2) is 6.34. The summed E-state index contributed by atoms with van der Waals surface area (Å²) >= 11 is 0. The Morgan fingerprint density at radius 1 is 1.39 bits per heavy atom. The molecule has 0 unspecified atom stereocenters. The molecule has 1 aromatic rings. The SMILES string of the molecule is COc1ncc([C@H]2N[C@](CO)(CC(C)C)[C@H]3CN(C)C[C@@H]23)cn1. The van der Waals surface area contributed by atoms with Gasteiger partial charge in [-0.2, -0.15) is 0 Å². The lowest BCUT2D eigenvalue weighted by atomic mass is 9.76. The number of likely N-dealkylation sites (tertiary alicyclic amines) is 1. The highest BCUT2D eigenvalue weighted by Crippen LogP contribution is 2.48. The van der Waals surface area contributed by atoms with Gasteiger partial charge in [-0.25, -0.2) is 9.97 Å². The second-order valence-electron chi connectivity index (χ2n) is 7.53. The van der Waals surface area contributed by atoms with E-state index in [2.05, 4.69) is 41.1 Å². The molecular formula is C17H28N4O2. The average Bonchev–Trinajstić information content (AvgIpc) is 3.04. The summed E-state index contributed by atoms with van der Waals surface area (Å²) in [6, 6.07) is 0.573. The summed E-state index contributed by atoms with van der Waals surface area (Å²) in [5.41, 5.74) is 0.865. The zero-order valence-corrected chi connectivity index (χ0v) is 14.5. The molecule has 2 saturated heterocycles. The van der Waals surface area contributed by atoms with Crippen molar-refractivity contribution in [3.8, 4) is 6.01 Å². The molecule has 2 aliphatic heterocycles.